The lowest BCUT2D eigenvalue weighted by Crippen LogP contribution is -2.44. The lowest BCUT2D eigenvalue weighted by molar-refractivity contribution is -0.150. The molecule has 1 aliphatic rings. The molecule has 0 aromatic heterocycles. The number of nitriles is 1. The summed E-state index contributed by atoms with van der Waals surface area (Å²) in [7, 11) is 1.21. The van der Waals surface area contributed by atoms with Crippen LogP contribution in [0.15, 0.2) is 59.1 Å². The van der Waals surface area contributed by atoms with Gasteiger partial charge in [0.2, 0.25) is 11.8 Å². The lowest BCUT2D eigenvalue weighted by Gasteiger charge is -2.31. The summed E-state index contributed by atoms with van der Waals surface area (Å²) in [5, 5.41) is 15.6. The Bertz CT molecular complexity index is 1120. The summed E-state index contributed by atoms with van der Waals surface area (Å²) >= 11 is 1.05. The number of carbonyl (C=O) groups is 3. The van der Waals surface area contributed by atoms with E-state index < -0.39 is 23.7 Å². The molecule has 0 saturated carbocycles. The molecule has 0 fully saturated rings. The van der Waals surface area contributed by atoms with E-state index in [1.54, 1.807) is 18.2 Å². The summed E-state index contributed by atoms with van der Waals surface area (Å²) in [6.45, 7) is 3.81. The summed E-state index contributed by atoms with van der Waals surface area (Å²) in [6, 6.07) is 16.8. The molecule has 8 heteroatoms. The van der Waals surface area contributed by atoms with Crippen molar-refractivity contribution in [3.05, 3.63) is 75.8 Å². The van der Waals surface area contributed by atoms with Gasteiger partial charge in [-0.3, -0.25) is 14.4 Å². The zero-order chi connectivity index (χ0) is 23.3. The number of thioether (sulfide) groups is 1. The first kappa shape index (κ1) is 23.1. The normalized spacial score (nSPS) is 17.9. The van der Waals surface area contributed by atoms with E-state index in [4.69, 9.17) is 4.74 Å². The molecule has 2 N–H and O–H groups in total. The fraction of sp³-hybridized carbons (Fsp3) is 0.250. The standard InChI is InChI=1S/C24H23N3O4S/c1-14-8-10-16(11-9-14)20-17(12-25)23(27-22(29)21(20)24(30)31-3)32-13-19(28)26-18-7-5-4-6-15(18)2/h4-11,20-21H,13H2,1-3H3,(H,26,28)(H,27,29)/t20-,21+/m0/s1. The van der Waals surface area contributed by atoms with Crippen molar-refractivity contribution in [3.8, 4) is 6.07 Å². The van der Waals surface area contributed by atoms with Crippen LogP contribution in [0.1, 0.15) is 22.6 Å². The first-order valence-electron chi connectivity index (χ1n) is 9.93. The smallest absolute Gasteiger partial charge is 0.319 e. The van der Waals surface area contributed by atoms with Gasteiger partial charge in [-0.1, -0.05) is 59.8 Å². The number of para-hydroxylation sites is 1. The second-order valence-corrected chi connectivity index (χ2v) is 8.37. The number of esters is 1. The van der Waals surface area contributed by atoms with Crippen LogP contribution in [-0.4, -0.2) is 30.6 Å². The second kappa shape index (κ2) is 10.2. The maximum Gasteiger partial charge on any atom is 0.319 e. The van der Waals surface area contributed by atoms with Crippen molar-refractivity contribution in [3.63, 3.8) is 0 Å². The van der Waals surface area contributed by atoms with Gasteiger partial charge in [0, 0.05) is 11.6 Å². The van der Waals surface area contributed by atoms with Gasteiger partial charge in [-0.2, -0.15) is 5.26 Å². The van der Waals surface area contributed by atoms with E-state index in [0.29, 0.717) is 11.3 Å². The summed E-state index contributed by atoms with van der Waals surface area (Å²) in [5.41, 5.74) is 3.50. The number of hydrogen-bond acceptors (Lipinski definition) is 6. The van der Waals surface area contributed by atoms with Crippen LogP contribution in [0.2, 0.25) is 0 Å². The third-order valence-electron chi connectivity index (χ3n) is 5.19. The lowest BCUT2D eigenvalue weighted by atomic mass is 9.78. The van der Waals surface area contributed by atoms with Gasteiger partial charge in [0.25, 0.3) is 0 Å². The number of anilines is 1. The number of nitrogens with zero attached hydrogens (tertiary/aromatic N) is 1. The van der Waals surface area contributed by atoms with Crippen molar-refractivity contribution in [2.75, 3.05) is 18.2 Å². The van der Waals surface area contributed by atoms with Gasteiger partial charge in [0.05, 0.1) is 29.5 Å². The summed E-state index contributed by atoms with van der Waals surface area (Å²) in [4.78, 5) is 37.7. The maximum absolute atomic E-state index is 12.8. The third-order valence-corrected chi connectivity index (χ3v) is 6.20. The van der Waals surface area contributed by atoms with E-state index in [2.05, 4.69) is 16.7 Å². The average molecular weight is 450 g/mol. The van der Waals surface area contributed by atoms with Crippen molar-refractivity contribution in [2.24, 2.45) is 5.92 Å². The Kier molecular flexibility index (Phi) is 7.33. The zero-order valence-corrected chi connectivity index (χ0v) is 18.8. The minimum Gasteiger partial charge on any atom is -0.468 e. The Hall–Kier alpha value is -3.57. The molecule has 2 amide bonds. The van der Waals surface area contributed by atoms with Crippen LogP contribution < -0.4 is 10.6 Å². The maximum atomic E-state index is 12.8. The number of allylic oxidation sites excluding steroid dienone is 1. The highest BCUT2D eigenvalue weighted by atomic mass is 32.2. The molecule has 0 saturated heterocycles. The quantitative estimate of drug-likeness (QED) is 0.517. The number of carbonyl (C=O) groups excluding carboxylic acids is 3. The van der Waals surface area contributed by atoms with Crippen molar-refractivity contribution in [1.82, 2.24) is 5.32 Å². The summed E-state index contributed by atoms with van der Waals surface area (Å²) in [6.07, 6.45) is 0. The molecular weight excluding hydrogens is 426 g/mol. The molecule has 32 heavy (non-hydrogen) atoms. The Morgan fingerprint density at radius 1 is 1.16 bits per heavy atom. The molecule has 2 aromatic carbocycles. The molecule has 7 nitrogen and oxygen atoms in total. The molecule has 2 aromatic rings. The van der Waals surface area contributed by atoms with Crippen LogP contribution in [0.5, 0.6) is 0 Å². The number of aryl methyl sites for hydroxylation is 2. The third kappa shape index (κ3) is 5.01. The highest BCUT2D eigenvalue weighted by Gasteiger charge is 2.44. The van der Waals surface area contributed by atoms with Gasteiger partial charge in [-0.05, 0) is 31.0 Å². The fourth-order valence-corrected chi connectivity index (χ4v) is 4.34. The fourth-order valence-electron chi connectivity index (χ4n) is 3.49. The van der Waals surface area contributed by atoms with Gasteiger partial charge in [0.15, 0.2) is 0 Å². The van der Waals surface area contributed by atoms with Crippen molar-refractivity contribution < 1.29 is 19.1 Å². The van der Waals surface area contributed by atoms with Crippen LogP contribution in [0.25, 0.3) is 0 Å². The van der Waals surface area contributed by atoms with Crippen molar-refractivity contribution in [1.29, 1.82) is 5.26 Å². The number of rotatable bonds is 6. The van der Waals surface area contributed by atoms with Crippen LogP contribution in [0, 0.1) is 31.1 Å². The van der Waals surface area contributed by atoms with Crippen LogP contribution in [-0.2, 0) is 19.1 Å². The molecule has 0 radical (unpaired) electrons. The largest absolute Gasteiger partial charge is 0.468 e. The minimum absolute atomic E-state index is 0.0152. The Labute approximate surface area is 190 Å². The number of nitrogens with one attached hydrogen (secondary N) is 2. The van der Waals surface area contributed by atoms with E-state index >= 15 is 0 Å². The number of hydrogen-bond donors (Lipinski definition) is 2. The SMILES string of the molecule is COC(=O)[C@H]1C(=O)NC(SCC(=O)Nc2ccccc2C)=C(C#N)[C@@H]1c1ccc(C)cc1. The predicted molar refractivity (Wildman–Crippen MR) is 122 cm³/mol. The second-order valence-electron chi connectivity index (χ2n) is 7.38. The summed E-state index contributed by atoms with van der Waals surface area (Å²) < 4.78 is 4.84. The van der Waals surface area contributed by atoms with Gasteiger partial charge < -0.3 is 15.4 Å². The van der Waals surface area contributed by atoms with Crippen molar-refractivity contribution in [2.45, 2.75) is 19.8 Å². The van der Waals surface area contributed by atoms with Crippen LogP contribution >= 0.6 is 11.8 Å². The molecule has 1 aliphatic heterocycles. The average Bonchev–Trinajstić information content (AvgIpc) is 2.78. The minimum atomic E-state index is -1.19. The molecule has 0 unspecified atom stereocenters. The van der Waals surface area contributed by atoms with Crippen molar-refractivity contribution >= 4 is 35.2 Å². The molecule has 0 aliphatic carbocycles. The molecule has 0 bridgehead atoms. The number of amides is 2. The van der Waals surface area contributed by atoms with E-state index in [0.717, 1.165) is 22.9 Å². The Morgan fingerprint density at radius 3 is 2.47 bits per heavy atom. The topological polar surface area (TPSA) is 108 Å². The highest BCUT2D eigenvalue weighted by molar-refractivity contribution is 8.03. The Balaban J connectivity index is 1.89. The number of methoxy groups -OCH3 is 1. The molecular formula is C24H23N3O4S. The summed E-state index contributed by atoms with van der Waals surface area (Å²) in [5.74, 6) is -3.57. The molecule has 164 valence electrons. The van der Waals surface area contributed by atoms with Gasteiger partial charge >= 0.3 is 5.97 Å². The van der Waals surface area contributed by atoms with Crippen LogP contribution in [0.3, 0.4) is 0 Å². The Morgan fingerprint density at radius 2 is 1.84 bits per heavy atom. The van der Waals surface area contributed by atoms with E-state index in [9.17, 15) is 19.6 Å². The first-order valence-corrected chi connectivity index (χ1v) is 10.9. The van der Waals surface area contributed by atoms with Gasteiger partial charge in [-0.15, -0.1) is 0 Å². The van der Waals surface area contributed by atoms with E-state index in [-0.39, 0.29) is 22.3 Å². The van der Waals surface area contributed by atoms with Crippen LogP contribution in [0.4, 0.5) is 5.69 Å². The monoisotopic (exact) mass is 449 g/mol. The zero-order valence-electron chi connectivity index (χ0n) is 18.0. The van der Waals surface area contributed by atoms with E-state index in [1.165, 1.54) is 7.11 Å². The van der Waals surface area contributed by atoms with E-state index in [1.807, 2.05) is 44.2 Å². The number of ether oxygens (including phenoxy) is 1. The van der Waals surface area contributed by atoms with Gasteiger partial charge in [-0.25, -0.2) is 0 Å². The molecule has 2 atom stereocenters. The molecule has 3 rings (SSSR count). The number of benzene rings is 2. The predicted octanol–water partition coefficient (Wildman–Crippen LogP) is 3.41. The highest BCUT2D eigenvalue weighted by Crippen LogP contribution is 2.40. The van der Waals surface area contributed by atoms with Gasteiger partial charge in [0.1, 0.15) is 5.92 Å². The molecule has 0 spiro atoms. The molecule has 1 heterocycles. The first-order chi connectivity index (χ1) is 15.3.